The van der Waals surface area contributed by atoms with Gasteiger partial charge in [-0.15, -0.1) is 0 Å². The maximum Gasteiger partial charge on any atom is 0.245 e. The Morgan fingerprint density at radius 1 is 0.906 bits per heavy atom. The molecule has 9 atom stereocenters. The van der Waals surface area contributed by atoms with Crippen molar-refractivity contribution in [3.05, 3.63) is 35.9 Å². The fourth-order valence-corrected chi connectivity index (χ4v) is 7.79. The molecule has 1 heterocycles. The third-order valence-corrected chi connectivity index (χ3v) is 10.9. The van der Waals surface area contributed by atoms with Crippen LogP contribution in [-0.4, -0.2) is 129 Å². The minimum Gasteiger partial charge on any atom is -0.379 e. The van der Waals surface area contributed by atoms with Crippen molar-refractivity contribution >= 4 is 29.5 Å². The first-order valence-electron chi connectivity index (χ1n) is 19.1. The minimum absolute atomic E-state index is 0.00617. The number of carbonyl (C=O) groups excluding carboxylic acids is 5. The van der Waals surface area contributed by atoms with E-state index in [9.17, 15) is 24.0 Å². The average Bonchev–Trinajstić information content (AvgIpc) is 3.59. The molecule has 1 aliphatic heterocycles. The van der Waals surface area contributed by atoms with Gasteiger partial charge in [-0.3, -0.25) is 28.9 Å². The van der Waals surface area contributed by atoms with E-state index >= 15 is 0 Å². The zero-order valence-corrected chi connectivity index (χ0v) is 34.3. The summed E-state index contributed by atoms with van der Waals surface area (Å²) in [5.74, 6) is -2.51. The van der Waals surface area contributed by atoms with Gasteiger partial charge >= 0.3 is 0 Å². The standard InChI is InChI=1S/C40H68N6O7/c1-13-26(6)35(45(10)40(51)33(24(2)3)43-39(50)34(25(4)5)44(8)9)31(52-11)23-32(47)46-21-17-20-30(46)36(53-12)27(7)38(49)42-29(37(41)48)22-28-18-15-14-16-19-28/h14-16,18-19,24-27,29-31,33-36H,13,17,20-23H2,1-12H3,(H2,41,48)(H,42,49)(H,43,50)/t26-,27+,29-,30-,31+,33-,34?,35?,36+/m0/s1. The molecule has 2 unspecified atom stereocenters. The van der Waals surface area contributed by atoms with Gasteiger partial charge in [-0.25, -0.2) is 0 Å². The van der Waals surface area contributed by atoms with Gasteiger partial charge in [0.1, 0.15) is 12.1 Å². The zero-order valence-electron chi connectivity index (χ0n) is 34.3. The van der Waals surface area contributed by atoms with Crippen LogP contribution in [0, 0.1) is 23.7 Å². The Labute approximate surface area is 318 Å². The Morgan fingerprint density at radius 3 is 2.02 bits per heavy atom. The smallest absolute Gasteiger partial charge is 0.245 e. The van der Waals surface area contributed by atoms with Crippen molar-refractivity contribution in [2.75, 3.05) is 41.9 Å². The molecule has 0 saturated carbocycles. The van der Waals surface area contributed by atoms with Gasteiger partial charge in [0.15, 0.2) is 0 Å². The van der Waals surface area contributed by atoms with E-state index in [4.69, 9.17) is 15.2 Å². The van der Waals surface area contributed by atoms with Crippen LogP contribution in [0.4, 0.5) is 0 Å². The van der Waals surface area contributed by atoms with Crippen molar-refractivity contribution in [1.29, 1.82) is 0 Å². The number of amides is 5. The number of methoxy groups -OCH3 is 2. The van der Waals surface area contributed by atoms with Crippen LogP contribution in [0.1, 0.15) is 79.7 Å². The zero-order chi connectivity index (χ0) is 40.2. The highest BCUT2D eigenvalue weighted by atomic mass is 16.5. The van der Waals surface area contributed by atoms with Crippen molar-refractivity contribution in [1.82, 2.24) is 25.3 Å². The summed E-state index contributed by atoms with van der Waals surface area (Å²) in [5, 5.41) is 5.84. The first kappa shape index (κ1) is 45.6. The number of primary amides is 1. The topological polar surface area (TPSA) is 164 Å². The van der Waals surface area contributed by atoms with Crippen molar-refractivity contribution in [2.24, 2.45) is 29.4 Å². The normalized spacial score (nSPS) is 19.2. The highest BCUT2D eigenvalue weighted by Gasteiger charge is 2.43. The van der Waals surface area contributed by atoms with Crippen LogP contribution in [0.3, 0.4) is 0 Å². The molecule has 0 bridgehead atoms. The summed E-state index contributed by atoms with van der Waals surface area (Å²) in [5.41, 5.74) is 6.54. The number of hydrogen-bond acceptors (Lipinski definition) is 8. The molecule has 0 aliphatic carbocycles. The van der Waals surface area contributed by atoms with Gasteiger partial charge in [-0.2, -0.15) is 0 Å². The summed E-state index contributed by atoms with van der Waals surface area (Å²) < 4.78 is 11.9. The molecule has 0 aromatic heterocycles. The summed E-state index contributed by atoms with van der Waals surface area (Å²) in [4.78, 5) is 72.9. The van der Waals surface area contributed by atoms with E-state index in [-0.39, 0.29) is 60.3 Å². The lowest BCUT2D eigenvalue weighted by atomic mass is 9.89. The number of benzene rings is 1. The third kappa shape index (κ3) is 12.2. The fraction of sp³-hybridized carbons (Fsp3) is 0.725. The lowest BCUT2D eigenvalue weighted by Crippen LogP contribution is -2.59. The second kappa shape index (κ2) is 21.4. The molecule has 1 aromatic carbocycles. The summed E-state index contributed by atoms with van der Waals surface area (Å²) in [6.45, 7) is 14.0. The van der Waals surface area contributed by atoms with Gasteiger partial charge < -0.3 is 35.6 Å². The van der Waals surface area contributed by atoms with Crippen molar-refractivity contribution in [3.8, 4) is 0 Å². The molecule has 1 aromatic rings. The first-order valence-corrected chi connectivity index (χ1v) is 19.1. The van der Waals surface area contributed by atoms with E-state index in [1.165, 1.54) is 7.11 Å². The SMILES string of the molecule is CC[C@H](C)C([C@@H](CC(=O)N1CCC[C@H]1[C@H](OC)[C@@H](C)C(=O)N[C@@H](Cc1ccccc1)C(N)=O)OC)N(C)C(=O)[C@@H](NC(=O)C(C(C)C)N(C)C)C(C)C. The van der Waals surface area contributed by atoms with Gasteiger partial charge in [0, 0.05) is 34.2 Å². The maximum absolute atomic E-state index is 14.2. The number of nitrogens with two attached hydrogens (primary N) is 1. The summed E-state index contributed by atoms with van der Waals surface area (Å²) in [6.07, 6.45) is 1.07. The lowest BCUT2D eigenvalue weighted by Gasteiger charge is -2.41. The van der Waals surface area contributed by atoms with E-state index in [0.717, 1.165) is 18.4 Å². The van der Waals surface area contributed by atoms with Gasteiger partial charge in [0.2, 0.25) is 29.5 Å². The number of likely N-dealkylation sites (N-methyl/N-ethyl adjacent to an activating group) is 2. The molecule has 13 heteroatoms. The number of nitrogens with one attached hydrogen (secondary N) is 2. The molecule has 1 aliphatic rings. The lowest BCUT2D eigenvalue weighted by molar-refractivity contribution is -0.148. The van der Waals surface area contributed by atoms with E-state index in [1.807, 2.05) is 90.9 Å². The molecule has 2 rings (SSSR count). The minimum atomic E-state index is -0.904. The predicted molar refractivity (Wildman–Crippen MR) is 206 cm³/mol. The van der Waals surface area contributed by atoms with Gasteiger partial charge in [-0.05, 0) is 50.3 Å². The molecule has 53 heavy (non-hydrogen) atoms. The van der Waals surface area contributed by atoms with Gasteiger partial charge in [0.25, 0.3) is 0 Å². The molecule has 4 N–H and O–H groups in total. The fourth-order valence-electron chi connectivity index (χ4n) is 7.79. The Bertz CT molecular complexity index is 1330. The maximum atomic E-state index is 14.2. The van der Waals surface area contributed by atoms with Crippen molar-refractivity contribution < 1.29 is 33.4 Å². The molecular formula is C40H68N6O7. The molecule has 300 valence electrons. The summed E-state index contributed by atoms with van der Waals surface area (Å²) >= 11 is 0. The molecular weight excluding hydrogens is 676 g/mol. The largest absolute Gasteiger partial charge is 0.379 e. The summed E-state index contributed by atoms with van der Waals surface area (Å²) in [7, 11) is 8.50. The average molecular weight is 745 g/mol. The Kier molecular flexibility index (Phi) is 18.4. The van der Waals surface area contributed by atoms with Crippen molar-refractivity contribution in [3.63, 3.8) is 0 Å². The number of carbonyl (C=O) groups is 5. The molecule has 13 nitrogen and oxygen atoms in total. The third-order valence-electron chi connectivity index (χ3n) is 10.9. The molecule has 1 fully saturated rings. The van der Waals surface area contributed by atoms with E-state index < -0.39 is 48.2 Å². The molecule has 0 spiro atoms. The van der Waals surface area contributed by atoms with E-state index in [2.05, 4.69) is 10.6 Å². The molecule has 1 saturated heterocycles. The Hall–Kier alpha value is -3.55. The number of hydrogen-bond donors (Lipinski definition) is 3. The Balaban J connectivity index is 2.27. The van der Waals surface area contributed by atoms with Crippen LogP contribution in [0.2, 0.25) is 0 Å². The van der Waals surface area contributed by atoms with E-state index in [1.54, 1.807) is 30.9 Å². The molecule has 5 amide bonds. The van der Waals surface area contributed by atoms with Crippen LogP contribution in [0.5, 0.6) is 0 Å². The molecule has 0 radical (unpaired) electrons. The second-order valence-corrected chi connectivity index (χ2v) is 15.6. The number of rotatable bonds is 21. The van der Waals surface area contributed by atoms with Crippen LogP contribution in [0.15, 0.2) is 30.3 Å². The number of nitrogens with zero attached hydrogens (tertiary/aromatic N) is 3. The van der Waals surface area contributed by atoms with Crippen LogP contribution in [0.25, 0.3) is 0 Å². The first-order chi connectivity index (χ1) is 24.9. The summed E-state index contributed by atoms with van der Waals surface area (Å²) in [6, 6.07) is 6.40. The highest BCUT2D eigenvalue weighted by molar-refractivity contribution is 5.90. The number of likely N-dealkylation sites (tertiary alicyclic amines) is 1. The number of ether oxygens (including phenoxy) is 2. The highest BCUT2D eigenvalue weighted by Crippen LogP contribution is 2.30. The van der Waals surface area contributed by atoms with Crippen LogP contribution >= 0.6 is 0 Å². The van der Waals surface area contributed by atoms with Crippen molar-refractivity contribution in [2.45, 2.75) is 123 Å². The van der Waals surface area contributed by atoms with Gasteiger partial charge in [-0.1, -0.05) is 85.2 Å². The van der Waals surface area contributed by atoms with E-state index in [0.29, 0.717) is 13.0 Å². The Morgan fingerprint density at radius 2 is 1.53 bits per heavy atom. The van der Waals surface area contributed by atoms with Crippen LogP contribution in [-0.2, 0) is 39.9 Å². The second-order valence-electron chi connectivity index (χ2n) is 15.6. The quantitative estimate of drug-likeness (QED) is 0.173. The van der Waals surface area contributed by atoms with Crippen LogP contribution < -0.4 is 16.4 Å². The van der Waals surface area contributed by atoms with Gasteiger partial charge in [0.05, 0.1) is 42.7 Å². The monoisotopic (exact) mass is 745 g/mol. The predicted octanol–water partition coefficient (Wildman–Crippen LogP) is 2.85.